The number of ether oxygens (including phenoxy) is 1. The minimum atomic E-state index is -0.211. The first-order valence-electron chi connectivity index (χ1n) is 8.62. The standard InChI is InChI=1S/C17H23N5O3/c1-12(2)10-14-20-15(25-21-14)11-24-16(23)13-4-8-22(9-5-13)17-18-6-3-7-19-17/h3,6-7,12-13H,4-5,8-11H2,1-2H3. The molecule has 0 amide bonds. The van der Waals surface area contributed by atoms with Gasteiger partial charge in [-0.25, -0.2) is 9.97 Å². The lowest BCUT2D eigenvalue weighted by molar-refractivity contribution is -0.151. The summed E-state index contributed by atoms with van der Waals surface area (Å²) in [6, 6.07) is 1.79. The topological polar surface area (TPSA) is 94.2 Å². The average Bonchev–Trinajstić information content (AvgIpc) is 3.07. The predicted octanol–water partition coefficient (Wildman–Crippen LogP) is 2.02. The Kier molecular flexibility index (Phi) is 5.57. The van der Waals surface area contributed by atoms with Gasteiger partial charge in [-0.3, -0.25) is 4.79 Å². The van der Waals surface area contributed by atoms with Crippen LogP contribution in [0.1, 0.15) is 38.4 Å². The molecule has 8 heteroatoms. The summed E-state index contributed by atoms with van der Waals surface area (Å²) in [5.74, 6) is 1.83. The van der Waals surface area contributed by atoms with Crippen molar-refractivity contribution >= 4 is 11.9 Å². The highest BCUT2D eigenvalue weighted by molar-refractivity contribution is 5.72. The molecule has 0 unspecified atom stereocenters. The second kappa shape index (κ2) is 8.04. The Morgan fingerprint density at radius 3 is 2.72 bits per heavy atom. The van der Waals surface area contributed by atoms with Crippen LogP contribution in [0.4, 0.5) is 5.95 Å². The molecule has 0 aromatic carbocycles. The van der Waals surface area contributed by atoms with E-state index in [1.165, 1.54) is 0 Å². The maximum atomic E-state index is 12.2. The summed E-state index contributed by atoms with van der Waals surface area (Å²) in [5.41, 5.74) is 0. The minimum Gasteiger partial charge on any atom is -0.455 e. The van der Waals surface area contributed by atoms with Crippen LogP contribution in [-0.2, 0) is 22.6 Å². The van der Waals surface area contributed by atoms with Gasteiger partial charge in [-0.2, -0.15) is 4.98 Å². The number of carbonyl (C=O) groups is 1. The number of piperidine rings is 1. The molecule has 0 N–H and O–H groups in total. The molecule has 2 aromatic rings. The van der Waals surface area contributed by atoms with E-state index in [9.17, 15) is 4.79 Å². The first-order chi connectivity index (χ1) is 12.1. The third kappa shape index (κ3) is 4.74. The SMILES string of the molecule is CC(C)Cc1noc(COC(=O)C2CCN(c3ncccn3)CC2)n1. The molecule has 0 atom stereocenters. The van der Waals surface area contributed by atoms with Crippen LogP contribution in [0.2, 0.25) is 0 Å². The monoisotopic (exact) mass is 345 g/mol. The Morgan fingerprint density at radius 2 is 2.04 bits per heavy atom. The van der Waals surface area contributed by atoms with Gasteiger partial charge in [-0.15, -0.1) is 0 Å². The van der Waals surface area contributed by atoms with Crippen molar-refractivity contribution in [2.45, 2.75) is 39.7 Å². The number of esters is 1. The van der Waals surface area contributed by atoms with Gasteiger partial charge >= 0.3 is 5.97 Å². The van der Waals surface area contributed by atoms with Crippen LogP contribution in [0, 0.1) is 11.8 Å². The highest BCUT2D eigenvalue weighted by Gasteiger charge is 2.27. The third-order valence-electron chi connectivity index (χ3n) is 4.10. The molecule has 0 radical (unpaired) electrons. The molecule has 3 heterocycles. The number of carbonyl (C=O) groups excluding carboxylic acids is 1. The van der Waals surface area contributed by atoms with E-state index in [-0.39, 0.29) is 18.5 Å². The molecule has 25 heavy (non-hydrogen) atoms. The summed E-state index contributed by atoms with van der Waals surface area (Å²) < 4.78 is 10.5. The van der Waals surface area contributed by atoms with Crippen molar-refractivity contribution in [3.8, 4) is 0 Å². The molecule has 8 nitrogen and oxygen atoms in total. The van der Waals surface area contributed by atoms with Crippen LogP contribution in [0.15, 0.2) is 23.0 Å². The summed E-state index contributed by atoms with van der Waals surface area (Å²) in [7, 11) is 0. The summed E-state index contributed by atoms with van der Waals surface area (Å²) in [6.45, 7) is 5.68. The van der Waals surface area contributed by atoms with Gasteiger partial charge in [0.05, 0.1) is 5.92 Å². The van der Waals surface area contributed by atoms with Crippen molar-refractivity contribution in [3.05, 3.63) is 30.2 Å². The zero-order valence-corrected chi connectivity index (χ0v) is 14.6. The van der Waals surface area contributed by atoms with E-state index < -0.39 is 0 Å². The molecule has 0 spiro atoms. The Bertz CT molecular complexity index is 681. The minimum absolute atomic E-state index is 0.0337. The Balaban J connectivity index is 1.44. The van der Waals surface area contributed by atoms with Gasteiger partial charge in [0.1, 0.15) is 0 Å². The van der Waals surface area contributed by atoms with E-state index in [2.05, 4.69) is 38.9 Å². The first kappa shape index (κ1) is 17.3. The molecule has 134 valence electrons. The van der Waals surface area contributed by atoms with Gasteiger partial charge in [0.25, 0.3) is 5.89 Å². The van der Waals surface area contributed by atoms with Gasteiger partial charge in [0, 0.05) is 31.9 Å². The molecule has 0 saturated carbocycles. The Labute approximate surface area is 146 Å². The molecule has 0 aliphatic carbocycles. The maximum Gasteiger partial charge on any atom is 0.309 e. The lowest BCUT2D eigenvalue weighted by Gasteiger charge is -2.30. The lowest BCUT2D eigenvalue weighted by atomic mass is 9.97. The molecular formula is C17H23N5O3. The molecule has 1 aliphatic rings. The number of hydrogen-bond donors (Lipinski definition) is 0. The number of hydrogen-bond acceptors (Lipinski definition) is 8. The van der Waals surface area contributed by atoms with Gasteiger partial charge in [0.2, 0.25) is 5.95 Å². The van der Waals surface area contributed by atoms with Crippen molar-refractivity contribution in [1.29, 1.82) is 0 Å². The summed E-state index contributed by atoms with van der Waals surface area (Å²) in [5, 5.41) is 3.89. The molecular weight excluding hydrogens is 322 g/mol. The normalized spacial score (nSPS) is 15.6. The highest BCUT2D eigenvalue weighted by Crippen LogP contribution is 2.21. The van der Waals surface area contributed by atoms with Gasteiger partial charge in [-0.05, 0) is 24.8 Å². The van der Waals surface area contributed by atoms with Crippen molar-refractivity contribution in [2.75, 3.05) is 18.0 Å². The second-order valence-electron chi connectivity index (χ2n) is 6.62. The van der Waals surface area contributed by atoms with Crippen molar-refractivity contribution in [3.63, 3.8) is 0 Å². The van der Waals surface area contributed by atoms with Crippen LogP contribution >= 0.6 is 0 Å². The van der Waals surface area contributed by atoms with E-state index in [4.69, 9.17) is 9.26 Å². The van der Waals surface area contributed by atoms with Gasteiger partial charge < -0.3 is 14.2 Å². The average molecular weight is 345 g/mol. The Morgan fingerprint density at radius 1 is 1.32 bits per heavy atom. The molecule has 1 fully saturated rings. The number of anilines is 1. The lowest BCUT2D eigenvalue weighted by Crippen LogP contribution is -2.37. The van der Waals surface area contributed by atoms with E-state index >= 15 is 0 Å². The van der Waals surface area contributed by atoms with E-state index in [0.29, 0.717) is 23.6 Å². The second-order valence-corrected chi connectivity index (χ2v) is 6.62. The first-order valence-corrected chi connectivity index (χ1v) is 8.62. The van der Waals surface area contributed by atoms with Crippen LogP contribution < -0.4 is 4.90 Å². The molecule has 3 rings (SSSR count). The predicted molar refractivity (Wildman–Crippen MR) is 89.6 cm³/mol. The zero-order valence-electron chi connectivity index (χ0n) is 14.6. The van der Waals surface area contributed by atoms with Crippen LogP contribution in [-0.4, -0.2) is 39.2 Å². The third-order valence-corrected chi connectivity index (χ3v) is 4.10. The molecule has 1 aliphatic heterocycles. The fraction of sp³-hybridized carbons (Fsp3) is 0.588. The quantitative estimate of drug-likeness (QED) is 0.734. The zero-order chi connectivity index (χ0) is 17.6. The summed E-state index contributed by atoms with van der Waals surface area (Å²) in [4.78, 5) is 27.0. The fourth-order valence-electron chi connectivity index (χ4n) is 2.82. The van der Waals surface area contributed by atoms with Crippen molar-refractivity contribution in [2.24, 2.45) is 11.8 Å². The molecule has 2 aromatic heterocycles. The van der Waals surface area contributed by atoms with Gasteiger partial charge in [-0.1, -0.05) is 19.0 Å². The highest BCUT2D eigenvalue weighted by atomic mass is 16.6. The molecule has 0 bridgehead atoms. The maximum absolute atomic E-state index is 12.2. The van der Waals surface area contributed by atoms with Crippen LogP contribution in [0.3, 0.4) is 0 Å². The largest absolute Gasteiger partial charge is 0.455 e. The van der Waals surface area contributed by atoms with Gasteiger partial charge in [0.15, 0.2) is 12.4 Å². The number of nitrogens with zero attached hydrogens (tertiary/aromatic N) is 5. The smallest absolute Gasteiger partial charge is 0.309 e. The van der Waals surface area contributed by atoms with Crippen molar-refractivity contribution < 1.29 is 14.1 Å². The van der Waals surface area contributed by atoms with Crippen molar-refractivity contribution in [1.82, 2.24) is 20.1 Å². The number of rotatable bonds is 6. The fourth-order valence-corrected chi connectivity index (χ4v) is 2.82. The Hall–Kier alpha value is -2.51. The van der Waals surface area contributed by atoms with E-state index in [1.54, 1.807) is 18.5 Å². The molecule has 1 saturated heterocycles. The van der Waals surface area contributed by atoms with E-state index in [1.807, 2.05) is 0 Å². The van der Waals surface area contributed by atoms with Crippen LogP contribution in [0.25, 0.3) is 0 Å². The summed E-state index contributed by atoms with van der Waals surface area (Å²) >= 11 is 0. The van der Waals surface area contributed by atoms with Crippen LogP contribution in [0.5, 0.6) is 0 Å². The summed E-state index contributed by atoms with van der Waals surface area (Å²) in [6.07, 6.45) is 5.64. The number of aromatic nitrogens is 4. The van der Waals surface area contributed by atoms with E-state index in [0.717, 1.165) is 32.4 Å².